The molecule has 0 saturated heterocycles. The van der Waals surface area contributed by atoms with E-state index in [4.69, 9.17) is 0 Å². The van der Waals surface area contributed by atoms with Gasteiger partial charge in [-0.15, -0.1) is 0 Å². The molecule has 0 atom stereocenters. The van der Waals surface area contributed by atoms with Gasteiger partial charge < -0.3 is 0 Å². The molecular weight excluding hydrogens is 319 g/mol. The molecule has 0 nitrogen and oxygen atoms in total. The number of benzene rings is 2. The molecule has 0 aromatic heterocycles. The Hall–Kier alpha value is -1.35. The second-order valence-corrected chi connectivity index (χ2v) is 7.12. The molecule has 0 amide bonds. The maximum atomic E-state index is 2.29. The molecule has 0 N–H and O–H groups in total. The second kappa shape index (κ2) is 3.57. The quantitative estimate of drug-likeness (QED) is 0.634. The summed E-state index contributed by atoms with van der Waals surface area (Å²) in [5, 5.41) is 2.85. The van der Waals surface area contributed by atoms with Crippen molar-refractivity contribution in [3.05, 3.63) is 66.8 Å². The van der Waals surface area contributed by atoms with Crippen molar-refractivity contribution in [2.45, 2.75) is 0 Å². The van der Waals surface area contributed by atoms with Crippen molar-refractivity contribution in [3.63, 3.8) is 0 Å². The fourth-order valence-electron chi connectivity index (χ4n) is 2.39. The van der Waals surface area contributed by atoms with Crippen molar-refractivity contribution in [2.24, 2.45) is 0 Å². The summed E-state index contributed by atoms with van der Waals surface area (Å²) in [6.07, 6.45) is 11.3. The normalized spacial score (nSPS) is 16.4. The monoisotopic (exact) mass is 329 g/mol. The van der Waals surface area contributed by atoms with Gasteiger partial charge in [0, 0.05) is 0 Å². The first kappa shape index (κ1) is 9.66. The van der Waals surface area contributed by atoms with Gasteiger partial charge in [0.1, 0.15) is 0 Å². The molecule has 4 rings (SSSR count). The van der Waals surface area contributed by atoms with E-state index in [1.54, 1.807) is 3.57 Å². The van der Waals surface area contributed by atoms with Crippen molar-refractivity contribution < 1.29 is 21.2 Å². The summed E-state index contributed by atoms with van der Waals surface area (Å²) >= 11 is -0.0368. The molecule has 2 aliphatic rings. The molecule has 1 heteroatoms. The standard InChI is InChI=1S/C16H10I/c1-3-11-7-8-13-5-2-6-14-10-9-12(4-1)15(11)16(13)17-14/h1-10H/q-1. The van der Waals surface area contributed by atoms with Crippen LogP contribution < -0.4 is 21.2 Å². The van der Waals surface area contributed by atoms with E-state index in [-0.39, 0.29) is 21.2 Å². The molecule has 2 heterocycles. The predicted octanol–water partition coefficient (Wildman–Crippen LogP) is 1.04. The van der Waals surface area contributed by atoms with E-state index in [9.17, 15) is 0 Å². The Balaban J connectivity index is 2.26. The maximum absolute atomic E-state index is 2.29. The van der Waals surface area contributed by atoms with Gasteiger partial charge in [-0.3, -0.25) is 0 Å². The molecule has 2 bridgehead atoms. The number of hydrogen-bond donors (Lipinski definition) is 0. The van der Waals surface area contributed by atoms with E-state index in [1.807, 2.05) is 0 Å². The molecule has 0 radical (unpaired) electrons. The van der Waals surface area contributed by atoms with E-state index in [2.05, 4.69) is 60.7 Å². The second-order valence-electron chi connectivity index (χ2n) is 4.25. The van der Waals surface area contributed by atoms with Crippen LogP contribution in [0.5, 0.6) is 0 Å². The van der Waals surface area contributed by atoms with Crippen LogP contribution in [-0.4, -0.2) is 0 Å². The van der Waals surface area contributed by atoms with Crippen LogP contribution in [0.25, 0.3) is 22.9 Å². The predicted molar refractivity (Wildman–Crippen MR) is 68.8 cm³/mol. The van der Waals surface area contributed by atoms with Gasteiger partial charge in [-0.25, -0.2) is 0 Å². The Morgan fingerprint density at radius 3 is 2.82 bits per heavy atom. The zero-order valence-corrected chi connectivity index (χ0v) is 11.3. The molecular formula is C16H10I-. The van der Waals surface area contributed by atoms with E-state index < -0.39 is 0 Å². The number of hydrogen-bond acceptors (Lipinski definition) is 0. The van der Waals surface area contributed by atoms with Crippen LogP contribution in [0.15, 0.2) is 52.1 Å². The summed E-state index contributed by atoms with van der Waals surface area (Å²) in [5.74, 6) is 0. The van der Waals surface area contributed by atoms with Crippen LogP contribution >= 0.6 is 0 Å². The van der Waals surface area contributed by atoms with Gasteiger partial charge in [-0.2, -0.15) is 0 Å². The molecule has 2 aromatic rings. The van der Waals surface area contributed by atoms with Crippen LogP contribution in [0, 0.1) is 3.57 Å². The van der Waals surface area contributed by atoms with E-state index >= 15 is 0 Å². The first-order chi connectivity index (χ1) is 8.42. The molecule has 17 heavy (non-hydrogen) atoms. The third-order valence-corrected chi connectivity index (χ3v) is 6.24. The Labute approximate surface area is 111 Å². The topological polar surface area (TPSA) is 0 Å². The summed E-state index contributed by atoms with van der Waals surface area (Å²) in [5.41, 5.74) is 2.78. The Morgan fingerprint density at radius 2 is 1.82 bits per heavy atom. The van der Waals surface area contributed by atoms with E-state index in [1.165, 1.54) is 25.5 Å². The van der Waals surface area contributed by atoms with Crippen LogP contribution in [0.3, 0.4) is 0 Å². The van der Waals surface area contributed by atoms with Gasteiger partial charge in [0.25, 0.3) is 0 Å². The average molecular weight is 329 g/mol. The SMILES string of the molecule is C1=Cc2ccc3cccc4c3c2[I-]C(=C1)C=C4. The molecule has 0 unspecified atom stereocenters. The number of halogens is 1. The van der Waals surface area contributed by atoms with Gasteiger partial charge in [-0.05, 0) is 0 Å². The van der Waals surface area contributed by atoms with Crippen molar-refractivity contribution in [1.82, 2.24) is 0 Å². The fourth-order valence-corrected chi connectivity index (χ4v) is 5.32. The minimum atomic E-state index is -0.0368. The molecule has 0 aliphatic carbocycles. The van der Waals surface area contributed by atoms with Crippen LogP contribution in [0.1, 0.15) is 11.1 Å². The van der Waals surface area contributed by atoms with Gasteiger partial charge in [-0.1, -0.05) is 0 Å². The zero-order chi connectivity index (χ0) is 11.2. The third-order valence-electron chi connectivity index (χ3n) is 3.20. The van der Waals surface area contributed by atoms with Crippen molar-refractivity contribution in [2.75, 3.05) is 0 Å². The van der Waals surface area contributed by atoms with Gasteiger partial charge in [0.2, 0.25) is 0 Å². The Morgan fingerprint density at radius 1 is 0.824 bits per heavy atom. The molecule has 0 spiro atoms. The molecule has 2 aromatic carbocycles. The van der Waals surface area contributed by atoms with Crippen LogP contribution in [-0.2, 0) is 0 Å². The fraction of sp³-hybridized carbons (Fsp3) is 0. The summed E-state index contributed by atoms with van der Waals surface area (Å²) in [6, 6.07) is 11.1. The van der Waals surface area contributed by atoms with Crippen LogP contribution in [0.2, 0.25) is 0 Å². The third kappa shape index (κ3) is 1.42. The minimum absolute atomic E-state index is 0.0368. The van der Waals surface area contributed by atoms with Crippen molar-refractivity contribution in [1.29, 1.82) is 0 Å². The molecule has 0 saturated carbocycles. The Bertz CT molecular complexity index is 718. The van der Waals surface area contributed by atoms with E-state index in [0.29, 0.717) is 0 Å². The van der Waals surface area contributed by atoms with Crippen molar-refractivity contribution >= 4 is 22.9 Å². The molecule has 0 fully saturated rings. The van der Waals surface area contributed by atoms with Gasteiger partial charge in [0.15, 0.2) is 0 Å². The van der Waals surface area contributed by atoms with Gasteiger partial charge >= 0.3 is 111 Å². The molecule has 2 aliphatic heterocycles. The average Bonchev–Trinajstić information content (AvgIpc) is 2.68. The van der Waals surface area contributed by atoms with E-state index in [0.717, 1.165) is 0 Å². The van der Waals surface area contributed by atoms with Crippen LogP contribution in [0.4, 0.5) is 0 Å². The van der Waals surface area contributed by atoms with Crippen molar-refractivity contribution in [3.8, 4) is 0 Å². The van der Waals surface area contributed by atoms with Gasteiger partial charge in [0.05, 0.1) is 0 Å². The first-order valence-corrected chi connectivity index (χ1v) is 7.84. The summed E-state index contributed by atoms with van der Waals surface area (Å²) < 4.78 is 3.09. The summed E-state index contributed by atoms with van der Waals surface area (Å²) in [6.45, 7) is 0. The zero-order valence-electron chi connectivity index (χ0n) is 9.15. The summed E-state index contributed by atoms with van der Waals surface area (Å²) in [7, 11) is 0. The summed E-state index contributed by atoms with van der Waals surface area (Å²) in [4.78, 5) is 0. The number of allylic oxidation sites excluding steroid dienone is 4. The number of fused-ring (bicyclic) bond motifs is 1. The molecule has 82 valence electrons. The first-order valence-electron chi connectivity index (χ1n) is 5.69. The Kier molecular flexibility index (Phi) is 2.03. The number of rotatable bonds is 0.